The molecule has 0 spiro atoms. The topological polar surface area (TPSA) is 43.8 Å². The molecule has 0 bridgehead atoms. The maximum absolute atomic E-state index is 6.13. The molecule has 0 amide bonds. The summed E-state index contributed by atoms with van der Waals surface area (Å²) in [5, 5.41) is 4.71. The zero-order chi connectivity index (χ0) is 13.0. The van der Waals surface area contributed by atoms with Crippen molar-refractivity contribution in [2.45, 2.75) is 70.9 Å². The maximum Gasteiger partial charge on any atom is 0.0627 e. The summed E-state index contributed by atoms with van der Waals surface area (Å²) in [6, 6.07) is 3.10. The predicted molar refractivity (Wildman–Crippen MR) is 75.5 cm³/mol. The van der Waals surface area contributed by atoms with Crippen LogP contribution in [0, 0.1) is 5.92 Å². The zero-order valence-electron chi connectivity index (χ0n) is 11.8. The minimum atomic E-state index is 0.411. The Labute approximate surface area is 111 Å². The molecule has 1 aromatic rings. The van der Waals surface area contributed by atoms with E-state index in [1.54, 1.807) is 0 Å². The van der Waals surface area contributed by atoms with E-state index in [2.05, 4.69) is 30.8 Å². The Morgan fingerprint density at radius 2 is 2.22 bits per heavy atom. The molecule has 3 unspecified atom stereocenters. The Morgan fingerprint density at radius 3 is 3.00 bits per heavy atom. The van der Waals surface area contributed by atoms with Crippen LogP contribution in [0.2, 0.25) is 0 Å². The average molecular weight is 249 g/mol. The standard InChI is InChI=1S/C15H27N3/c1-3-12(2)18-9-8-15(17-18)11-13-6-4-5-7-14(16)10-13/h8-9,12-14H,3-7,10-11,16H2,1-2H3. The van der Waals surface area contributed by atoms with Crippen molar-refractivity contribution in [2.24, 2.45) is 11.7 Å². The molecule has 0 aromatic carbocycles. The number of hydrogen-bond donors (Lipinski definition) is 1. The molecule has 0 aliphatic heterocycles. The highest BCUT2D eigenvalue weighted by atomic mass is 15.3. The fourth-order valence-corrected chi connectivity index (χ4v) is 2.90. The number of rotatable bonds is 4. The summed E-state index contributed by atoms with van der Waals surface area (Å²) in [4.78, 5) is 0. The molecule has 3 heteroatoms. The smallest absolute Gasteiger partial charge is 0.0627 e. The first kappa shape index (κ1) is 13.6. The minimum absolute atomic E-state index is 0.411. The van der Waals surface area contributed by atoms with Gasteiger partial charge in [-0.2, -0.15) is 5.10 Å². The molecule has 3 atom stereocenters. The van der Waals surface area contributed by atoms with Crippen molar-refractivity contribution in [1.82, 2.24) is 9.78 Å². The first-order valence-corrected chi connectivity index (χ1v) is 7.48. The molecular weight excluding hydrogens is 222 g/mol. The van der Waals surface area contributed by atoms with Crippen LogP contribution in [0.3, 0.4) is 0 Å². The van der Waals surface area contributed by atoms with Crippen LogP contribution in [0.5, 0.6) is 0 Å². The van der Waals surface area contributed by atoms with Gasteiger partial charge in [-0.15, -0.1) is 0 Å². The second-order valence-electron chi connectivity index (χ2n) is 5.89. The first-order valence-electron chi connectivity index (χ1n) is 7.48. The van der Waals surface area contributed by atoms with Gasteiger partial charge in [-0.3, -0.25) is 4.68 Å². The van der Waals surface area contributed by atoms with Crippen molar-refractivity contribution in [1.29, 1.82) is 0 Å². The van der Waals surface area contributed by atoms with Gasteiger partial charge in [-0.1, -0.05) is 26.2 Å². The van der Waals surface area contributed by atoms with Crippen molar-refractivity contribution in [2.75, 3.05) is 0 Å². The summed E-state index contributed by atoms with van der Waals surface area (Å²) in [5.41, 5.74) is 7.37. The highest BCUT2D eigenvalue weighted by molar-refractivity contribution is 5.01. The van der Waals surface area contributed by atoms with Crippen LogP contribution in [-0.4, -0.2) is 15.8 Å². The van der Waals surface area contributed by atoms with E-state index in [1.165, 1.54) is 37.8 Å². The average Bonchev–Trinajstić information content (AvgIpc) is 2.72. The summed E-state index contributed by atoms with van der Waals surface area (Å²) >= 11 is 0. The molecule has 2 N–H and O–H groups in total. The van der Waals surface area contributed by atoms with E-state index in [1.807, 2.05) is 0 Å². The summed E-state index contributed by atoms with van der Waals surface area (Å²) in [6.07, 6.45) is 10.7. The van der Waals surface area contributed by atoms with E-state index in [-0.39, 0.29) is 0 Å². The van der Waals surface area contributed by atoms with E-state index >= 15 is 0 Å². The van der Waals surface area contributed by atoms with Crippen molar-refractivity contribution in [3.8, 4) is 0 Å². The number of aromatic nitrogens is 2. The molecule has 1 saturated carbocycles. The predicted octanol–water partition coefficient (Wildman–Crippen LogP) is 3.30. The van der Waals surface area contributed by atoms with Gasteiger partial charge in [-0.25, -0.2) is 0 Å². The van der Waals surface area contributed by atoms with E-state index in [4.69, 9.17) is 10.8 Å². The third-order valence-electron chi connectivity index (χ3n) is 4.28. The lowest BCUT2D eigenvalue weighted by atomic mass is 9.93. The maximum atomic E-state index is 6.13. The van der Waals surface area contributed by atoms with Crippen LogP contribution in [-0.2, 0) is 6.42 Å². The van der Waals surface area contributed by atoms with Crippen LogP contribution in [0.1, 0.15) is 64.1 Å². The van der Waals surface area contributed by atoms with Crippen LogP contribution >= 0.6 is 0 Å². The third-order valence-corrected chi connectivity index (χ3v) is 4.28. The highest BCUT2D eigenvalue weighted by Crippen LogP contribution is 2.25. The Hall–Kier alpha value is -0.830. The van der Waals surface area contributed by atoms with Crippen LogP contribution in [0.25, 0.3) is 0 Å². The highest BCUT2D eigenvalue weighted by Gasteiger charge is 2.19. The third kappa shape index (κ3) is 3.58. The quantitative estimate of drug-likeness (QED) is 0.832. The molecule has 18 heavy (non-hydrogen) atoms. The molecule has 1 fully saturated rings. The SMILES string of the molecule is CCC(C)n1ccc(CC2CCCCC(N)C2)n1. The molecule has 1 heterocycles. The lowest BCUT2D eigenvalue weighted by Gasteiger charge is -2.15. The summed E-state index contributed by atoms with van der Waals surface area (Å²) < 4.78 is 2.10. The number of nitrogens with two attached hydrogens (primary N) is 1. The fourth-order valence-electron chi connectivity index (χ4n) is 2.90. The summed E-state index contributed by atoms with van der Waals surface area (Å²) in [5.74, 6) is 0.739. The van der Waals surface area contributed by atoms with Gasteiger partial charge < -0.3 is 5.73 Å². The van der Waals surface area contributed by atoms with Gasteiger partial charge in [0.1, 0.15) is 0 Å². The lowest BCUT2D eigenvalue weighted by molar-refractivity contribution is 0.418. The summed E-state index contributed by atoms with van der Waals surface area (Å²) in [6.45, 7) is 4.43. The largest absolute Gasteiger partial charge is 0.328 e. The Kier molecular flexibility index (Phi) is 4.81. The first-order chi connectivity index (χ1) is 8.69. The van der Waals surface area contributed by atoms with Crippen molar-refractivity contribution in [3.63, 3.8) is 0 Å². The molecule has 1 aliphatic rings. The normalized spacial score (nSPS) is 26.8. The monoisotopic (exact) mass is 249 g/mol. The Morgan fingerprint density at radius 1 is 1.44 bits per heavy atom. The Bertz CT molecular complexity index is 358. The molecule has 102 valence electrons. The molecule has 0 radical (unpaired) electrons. The minimum Gasteiger partial charge on any atom is -0.328 e. The molecule has 2 rings (SSSR count). The zero-order valence-corrected chi connectivity index (χ0v) is 11.8. The molecule has 0 saturated heterocycles. The molecule has 3 nitrogen and oxygen atoms in total. The van der Waals surface area contributed by atoms with Crippen molar-refractivity contribution >= 4 is 0 Å². The fraction of sp³-hybridized carbons (Fsp3) is 0.800. The van der Waals surface area contributed by atoms with Gasteiger partial charge in [0.2, 0.25) is 0 Å². The van der Waals surface area contributed by atoms with Gasteiger partial charge in [0.15, 0.2) is 0 Å². The molecular formula is C15H27N3. The van der Waals surface area contributed by atoms with Gasteiger partial charge >= 0.3 is 0 Å². The van der Waals surface area contributed by atoms with Gasteiger partial charge in [0.05, 0.1) is 5.69 Å². The van der Waals surface area contributed by atoms with Crippen molar-refractivity contribution in [3.05, 3.63) is 18.0 Å². The van der Waals surface area contributed by atoms with E-state index in [9.17, 15) is 0 Å². The van der Waals surface area contributed by atoms with E-state index in [0.717, 1.165) is 18.8 Å². The molecule has 1 aliphatic carbocycles. The van der Waals surface area contributed by atoms with E-state index < -0.39 is 0 Å². The van der Waals surface area contributed by atoms with E-state index in [0.29, 0.717) is 12.1 Å². The van der Waals surface area contributed by atoms with Crippen LogP contribution in [0.15, 0.2) is 12.3 Å². The molecule has 1 aromatic heterocycles. The van der Waals surface area contributed by atoms with Gasteiger partial charge in [0.25, 0.3) is 0 Å². The second kappa shape index (κ2) is 6.37. The lowest BCUT2D eigenvalue weighted by Crippen LogP contribution is -2.22. The number of nitrogens with zero attached hydrogens (tertiary/aromatic N) is 2. The van der Waals surface area contributed by atoms with Crippen LogP contribution < -0.4 is 5.73 Å². The van der Waals surface area contributed by atoms with Gasteiger partial charge in [-0.05, 0) is 44.6 Å². The van der Waals surface area contributed by atoms with Crippen LogP contribution in [0.4, 0.5) is 0 Å². The number of hydrogen-bond acceptors (Lipinski definition) is 2. The second-order valence-corrected chi connectivity index (χ2v) is 5.89. The van der Waals surface area contributed by atoms with Crippen molar-refractivity contribution < 1.29 is 0 Å². The Balaban J connectivity index is 1.93. The summed E-state index contributed by atoms with van der Waals surface area (Å²) in [7, 11) is 0. The van der Waals surface area contributed by atoms with Gasteiger partial charge in [0, 0.05) is 18.3 Å².